The lowest BCUT2D eigenvalue weighted by Crippen LogP contribution is -2.21. The van der Waals surface area contributed by atoms with Crippen LogP contribution in [0.2, 0.25) is 0 Å². The van der Waals surface area contributed by atoms with E-state index in [1.54, 1.807) is 7.11 Å². The summed E-state index contributed by atoms with van der Waals surface area (Å²) in [6, 6.07) is 8.08. The number of para-hydroxylation sites is 2. The minimum Gasteiger partial charge on any atom is -0.397 e. The monoisotopic (exact) mass is 220 g/mol. The zero-order valence-corrected chi connectivity index (χ0v) is 10.0. The van der Waals surface area contributed by atoms with Gasteiger partial charge in [-0.25, -0.2) is 0 Å². The van der Waals surface area contributed by atoms with Gasteiger partial charge in [-0.2, -0.15) is 0 Å². The van der Waals surface area contributed by atoms with Gasteiger partial charge in [0.1, 0.15) is 0 Å². The zero-order valence-electron chi connectivity index (χ0n) is 10.0. The van der Waals surface area contributed by atoms with Crippen LogP contribution in [-0.2, 0) is 4.74 Å². The Bertz CT molecular complexity index is 354. The van der Waals surface area contributed by atoms with Crippen molar-refractivity contribution in [1.82, 2.24) is 0 Å². The maximum atomic E-state index is 5.99. The third-order valence-corrected chi connectivity index (χ3v) is 3.43. The van der Waals surface area contributed by atoms with Crippen LogP contribution >= 0.6 is 0 Å². The molecule has 0 spiro atoms. The van der Waals surface area contributed by atoms with Crippen LogP contribution < -0.4 is 10.6 Å². The summed E-state index contributed by atoms with van der Waals surface area (Å²) in [7, 11) is 1.77. The fourth-order valence-corrected chi connectivity index (χ4v) is 2.44. The molecule has 16 heavy (non-hydrogen) atoms. The largest absolute Gasteiger partial charge is 0.397 e. The van der Waals surface area contributed by atoms with Crippen LogP contribution in [-0.4, -0.2) is 26.8 Å². The van der Waals surface area contributed by atoms with Crippen molar-refractivity contribution in [3.8, 4) is 0 Å². The molecular formula is C13H20N2O. The fraction of sp³-hybridized carbons (Fsp3) is 0.538. The Morgan fingerprint density at radius 3 is 2.81 bits per heavy atom. The molecule has 1 saturated heterocycles. The molecule has 1 fully saturated rings. The molecule has 3 heteroatoms. The molecule has 2 rings (SSSR count). The third kappa shape index (κ3) is 2.14. The second kappa shape index (κ2) is 4.74. The molecule has 0 amide bonds. The highest BCUT2D eigenvalue weighted by Crippen LogP contribution is 2.31. The van der Waals surface area contributed by atoms with Gasteiger partial charge in [-0.15, -0.1) is 0 Å². The van der Waals surface area contributed by atoms with Crippen LogP contribution in [0.5, 0.6) is 0 Å². The number of ether oxygens (including phenoxy) is 1. The Morgan fingerprint density at radius 1 is 1.38 bits per heavy atom. The number of methoxy groups -OCH3 is 1. The highest BCUT2D eigenvalue weighted by atomic mass is 16.5. The van der Waals surface area contributed by atoms with Gasteiger partial charge in [0, 0.05) is 26.1 Å². The zero-order chi connectivity index (χ0) is 11.5. The summed E-state index contributed by atoms with van der Waals surface area (Å²) in [5, 5.41) is 0. The molecule has 1 aliphatic rings. The summed E-state index contributed by atoms with van der Waals surface area (Å²) >= 11 is 0. The average Bonchev–Trinajstić information content (AvgIpc) is 2.61. The van der Waals surface area contributed by atoms with Crippen LogP contribution in [0, 0.1) is 11.8 Å². The summed E-state index contributed by atoms with van der Waals surface area (Å²) in [5.41, 5.74) is 8.02. The molecule has 0 aromatic heterocycles. The molecule has 1 aromatic rings. The lowest BCUT2D eigenvalue weighted by atomic mass is 10.00. The van der Waals surface area contributed by atoms with E-state index in [4.69, 9.17) is 10.5 Å². The van der Waals surface area contributed by atoms with Crippen LogP contribution in [0.25, 0.3) is 0 Å². The number of anilines is 2. The normalized spacial score (nSPS) is 25.0. The number of nitrogen functional groups attached to an aromatic ring is 1. The van der Waals surface area contributed by atoms with E-state index in [0.29, 0.717) is 11.8 Å². The van der Waals surface area contributed by atoms with E-state index in [1.165, 1.54) is 0 Å². The van der Waals surface area contributed by atoms with Gasteiger partial charge in [-0.3, -0.25) is 0 Å². The first-order valence-electron chi connectivity index (χ1n) is 5.80. The fourth-order valence-electron chi connectivity index (χ4n) is 2.44. The molecule has 0 bridgehead atoms. The first-order valence-corrected chi connectivity index (χ1v) is 5.80. The molecule has 1 aliphatic heterocycles. The Hall–Kier alpha value is -1.22. The van der Waals surface area contributed by atoms with Gasteiger partial charge in [-0.05, 0) is 18.1 Å². The summed E-state index contributed by atoms with van der Waals surface area (Å²) in [4.78, 5) is 2.36. The summed E-state index contributed by atoms with van der Waals surface area (Å²) in [6.07, 6.45) is 0. The Balaban J connectivity index is 2.11. The van der Waals surface area contributed by atoms with E-state index < -0.39 is 0 Å². The van der Waals surface area contributed by atoms with E-state index in [1.807, 2.05) is 18.2 Å². The van der Waals surface area contributed by atoms with Crippen molar-refractivity contribution < 1.29 is 4.74 Å². The Morgan fingerprint density at radius 2 is 2.12 bits per heavy atom. The molecule has 0 aliphatic carbocycles. The second-order valence-corrected chi connectivity index (χ2v) is 4.66. The van der Waals surface area contributed by atoms with Gasteiger partial charge in [0.15, 0.2) is 0 Å². The van der Waals surface area contributed by atoms with Crippen molar-refractivity contribution in [2.75, 3.05) is 37.4 Å². The highest BCUT2D eigenvalue weighted by molar-refractivity contribution is 5.67. The van der Waals surface area contributed by atoms with Gasteiger partial charge >= 0.3 is 0 Å². The maximum absolute atomic E-state index is 5.99. The van der Waals surface area contributed by atoms with Crippen molar-refractivity contribution in [3.05, 3.63) is 24.3 Å². The second-order valence-electron chi connectivity index (χ2n) is 4.66. The van der Waals surface area contributed by atoms with Gasteiger partial charge in [0.25, 0.3) is 0 Å². The minimum atomic E-state index is 0.615. The number of nitrogens with zero attached hydrogens (tertiary/aromatic N) is 1. The van der Waals surface area contributed by atoms with Gasteiger partial charge in [0.05, 0.1) is 18.0 Å². The van der Waals surface area contributed by atoms with Gasteiger partial charge < -0.3 is 15.4 Å². The molecule has 0 radical (unpaired) electrons. The summed E-state index contributed by atoms with van der Waals surface area (Å²) in [6.45, 7) is 5.23. The predicted molar refractivity (Wildman–Crippen MR) is 67.6 cm³/mol. The lowest BCUT2D eigenvalue weighted by molar-refractivity contribution is 0.144. The van der Waals surface area contributed by atoms with Crippen molar-refractivity contribution >= 4 is 11.4 Å². The molecular weight excluding hydrogens is 200 g/mol. The van der Waals surface area contributed by atoms with Crippen molar-refractivity contribution in [2.24, 2.45) is 11.8 Å². The average molecular weight is 220 g/mol. The van der Waals surface area contributed by atoms with Crippen molar-refractivity contribution in [2.45, 2.75) is 6.92 Å². The number of hydrogen-bond donors (Lipinski definition) is 1. The summed E-state index contributed by atoms with van der Waals surface area (Å²) in [5.74, 6) is 1.28. The number of hydrogen-bond acceptors (Lipinski definition) is 3. The highest BCUT2D eigenvalue weighted by Gasteiger charge is 2.30. The smallest absolute Gasteiger partial charge is 0.0600 e. The molecule has 2 unspecified atom stereocenters. The number of nitrogens with two attached hydrogens (primary N) is 1. The molecule has 1 heterocycles. The Kier molecular flexibility index (Phi) is 3.34. The SMILES string of the molecule is COCC1CN(c2ccccc2N)CC1C. The first kappa shape index (κ1) is 11.3. The topological polar surface area (TPSA) is 38.5 Å². The molecule has 3 nitrogen and oxygen atoms in total. The molecule has 88 valence electrons. The van der Waals surface area contributed by atoms with E-state index >= 15 is 0 Å². The molecule has 2 atom stereocenters. The third-order valence-electron chi connectivity index (χ3n) is 3.43. The molecule has 2 N–H and O–H groups in total. The number of benzene rings is 1. The van der Waals surface area contributed by atoms with Crippen molar-refractivity contribution in [3.63, 3.8) is 0 Å². The van der Waals surface area contributed by atoms with Crippen molar-refractivity contribution in [1.29, 1.82) is 0 Å². The van der Waals surface area contributed by atoms with Gasteiger partial charge in [-0.1, -0.05) is 19.1 Å². The van der Waals surface area contributed by atoms with E-state index in [-0.39, 0.29) is 0 Å². The molecule has 1 aromatic carbocycles. The Labute approximate surface area is 97.2 Å². The van der Waals surface area contributed by atoms with Crippen LogP contribution in [0.1, 0.15) is 6.92 Å². The number of rotatable bonds is 3. The quantitative estimate of drug-likeness (QED) is 0.792. The van der Waals surface area contributed by atoms with Crippen LogP contribution in [0.15, 0.2) is 24.3 Å². The first-order chi connectivity index (χ1) is 7.72. The standard InChI is InChI=1S/C13H20N2O/c1-10-7-15(8-11(10)9-16-2)13-6-4-3-5-12(13)14/h3-6,10-11H,7-9,14H2,1-2H3. The summed E-state index contributed by atoms with van der Waals surface area (Å²) < 4.78 is 5.25. The van der Waals surface area contributed by atoms with Crippen LogP contribution in [0.4, 0.5) is 11.4 Å². The maximum Gasteiger partial charge on any atom is 0.0600 e. The van der Waals surface area contributed by atoms with Gasteiger partial charge in [0.2, 0.25) is 0 Å². The molecule has 0 saturated carbocycles. The lowest BCUT2D eigenvalue weighted by Gasteiger charge is -2.20. The van der Waals surface area contributed by atoms with Crippen LogP contribution in [0.3, 0.4) is 0 Å². The van der Waals surface area contributed by atoms with E-state index in [2.05, 4.69) is 17.9 Å². The van der Waals surface area contributed by atoms with E-state index in [0.717, 1.165) is 31.1 Å². The minimum absolute atomic E-state index is 0.615. The van der Waals surface area contributed by atoms with E-state index in [9.17, 15) is 0 Å². The predicted octanol–water partition coefficient (Wildman–Crippen LogP) is 1.99.